The molecule has 0 aromatic heterocycles. The van der Waals surface area contributed by atoms with Crippen molar-refractivity contribution in [3.8, 4) is 0 Å². The van der Waals surface area contributed by atoms with Gasteiger partial charge in [-0.2, -0.15) is 0 Å². The SMILES string of the molecule is Cc1ccc2cc([S])ccc2c1. The number of hydrogen-bond donors (Lipinski definition) is 0. The van der Waals surface area contributed by atoms with Gasteiger partial charge in [0.15, 0.2) is 0 Å². The van der Waals surface area contributed by atoms with Crippen molar-refractivity contribution in [2.45, 2.75) is 11.8 Å². The first-order valence-corrected chi connectivity index (χ1v) is 4.34. The Balaban J connectivity index is 2.79. The van der Waals surface area contributed by atoms with E-state index in [-0.39, 0.29) is 0 Å². The predicted molar refractivity (Wildman–Crippen MR) is 54.5 cm³/mol. The maximum atomic E-state index is 5.07. The van der Waals surface area contributed by atoms with Crippen LogP contribution in [0.1, 0.15) is 5.56 Å². The first-order chi connectivity index (χ1) is 5.75. The first kappa shape index (κ1) is 7.56. The monoisotopic (exact) mass is 173 g/mol. The Labute approximate surface area is 77.6 Å². The molecule has 0 spiro atoms. The molecule has 0 saturated carbocycles. The third kappa shape index (κ3) is 1.28. The van der Waals surface area contributed by atoms with Gasteiger partial charge in [0.25, 0.3) is 0 Å². The van der Waals surface area contributed by atoms with E-state index >= 15 is 0 Å². The molecule has 0 fully saturated rings. The summed E-state index contributed by atoms with van der Waals surface area (Å²) < 4.78 is 0. The lowest BCUT2D eigenvalue weighted by Gasteiger charge is -1.98. The van der Waals surface area contributed by atoms with Gasteiger partial charge in [-0.25, -0.2) is 0 Å². The van der Waals surface area contributed by atoms with Gasteiger partial charge in [0.1, 0.15) is 0 Å². The molecule has 0 nitrogen and oxygen atoms in total. The topological polar surface area (TPSA) is 0 Å². The van der Waals surface area contributed by atoms with Crippen molar-refractivity contribution < 1.29 is 0 Å². The molecule has 0 amide bonds. The molecule has 59 valence electrons. The standard InChI is InChI=1S/C11H9S/c1-8-2-3-10-7-11(12)5-4-9(10)6-8/h2-7H,1H3. The van der Waals surface area contributed by atoms with Gasteiger partial charge in [0.05, 0.1) is 0 Å². The summed E-state index contributed by atoms with van der Waals surface area (Å²) in [7, 11) is 0. The molecule has 0 N–H and O–H groups in total. The minimum Gasteiger partial charge on any atom is -0.0801 e. The fraction of sp³-hybridized carbons (Fsp3) is 0.0909. The van der Waals surface area contributed by atoms with E-state index in [0.717, 1.165) is 4.90 Å². The van der Waals surface area contributed by atoms with Crippen LogP contribution in [0.25, 0.3) is 10.8 Å². The van der Waals surface area contributed by atoms with Crippen LogP contribution >= 0.6 is 12.6 Å². The van der Waals surface area contributed by atoms with Gasteiger partial charge in [0, 0.05) is 4.90 Å². The molecular formula is C11H9S. The smallest absolute Gasteiger partial charge is 0.0383 e. The van der Waals surface area contributed by atoms with E-state index in [1.165, 1.54) is 16.3 Å². The average molecular weight is 173 g/mol. The molecule has 0 atom stereocenters. The van der Waals surface area contributed by atoms with Gasteiger partial charge < -0.3 is 0 Å². The summed E-state index contributed by atoms with van der Waals surface area (Å²) in [6.45, 7) is 2.10. The molecule has 1 radical (unpaired) electrons. The Bertz CT molecular complexity index is 377. The summed E-state index contributed by atoms with van der Waals surface area (Å²) in [5.41, 5.74) is 1.29. The highest BCUT2D eigenvalue weighted by atomic mass is 32.1. The summed E-state index contributed by atoms with van der Waals surface area (Å²) in [6, 6.07) is 12.5. The Morgan fingerprint density at radius 3 is 2.42 bits per heavy atom. The molecule has 12 heavy (non-hydrogen) atoms. The van der Waals surface area contributed by atoms with Gasteiger partial charge in [-0.1, -0.05) is 42.5 Å². The summed E-state index contributed by atoms with van der Waals surface area (Å²) >= 11 is 5.07. The van der Waals surface area contributed by atoms with E-state index < -0.39 is 0 Å². The Morgan fingerprint density at radius 1 is 0.917 bits per heavy atom. The highest BCUT2D eigenvalue weighted by molar-refractivity contribution is 7.80. The molecule has 1 heteroatoms. The van der Waals surface area contributed by atoms with Crippen molar-refractivity contribution in [1.82, 2.24) is 0 Å². The lowest BCUT2D eigenvalue weighted by molar-refractivity contribution is 1.48. The van der Waals surface area contributed by atoms with Gasteiger partial charge in [-0.05, 0) is 29.8 Å². The van der Waals surface area contributed by atoms with Crippen LogP contribution in [0.15, 0.2) is 41.3 Å². The minimum atomic E-state index is 0.909. The minimum absolute atomic E-state index is 0.909. The number of fused-ring (bicyclic) bond motifs is 1. The van der Waals surface area contributed by atoms with Crippen LogP contribution in [0.4, 0.5) is 0 Å². The van der Waals surface area contributed by atoms with E-state index in [9.17, 15) is 0 Å². The van der Waals surface area contributed by atoms with Crippen molar-refractivity contribution in [1.29, 1.82) is 0 Å². The van der Waals surface area contributed by atoms with Crippen molar-refractivity contribution in [2.75, 3.05) is 0 Å². The fourth-order valence-corrected chi connectivity index (χ4v) is 1.54. The predicted octanol–water partition coefficient (Wildman–Crippen LogP) is 3.70. The number of rotatable bonds is 0. The largest absolute Gasteiger partial charge is 0.0801 e. The maximum Gasteiger partial charge on any atom is 0.0383 e. The molecule has 2 rings (SSSR count). The Kier molecular flexibility index (Phi) is 1.74. The molecule has 2 aromatic carbocycles. The molecule has 0 saturated heterocycles. The third-order valence-electron chi connectivity index (χ3n) is 1.97. The highest BCUT2D eigenvalue weighted by Crippen LogP contribution is 2.18. The zero-order valence-corrected chi connectivity index (χ0v) is 7.69. The number of hydrogen-bond acceptors (Lipinski definition) is 0. The van der Waals surface area contributed by atoms with Crippen molar-refractivity contribution in [3.63, 3.8) is 0 Å². The highest BCUT2D eigenvalue weighted by Gasteiger charge is 1.93. The van der Waals surface area contributed by atoms with Crippen LogP contribution in [0, 0.1) is 6.92 Å². The van der Waals surface area contributed by atoms with Crippen LogP contribution in [-0.4, -0.2) is 0 Å². The second-order valence-corrected chi connectivity index (χ2v) is 3.48. The van der Waals surface area contributed by atoms with E-state index in [0.29, 0.717) is 0 Å². The normalized spacial score (nSPS) is 10.4. The molecule has 0 unspecified atom stereocenters. The van der Waals surface area contributed by atoms with Crippen molar-refractivity contribution in [3.05, 3.63) is 42.0 Å². The van der Waals surface area contributed by atoms with Crippen molar-refractivity contribution in [2.24, 2.45) is 0 Å². The van der Waals surface area contributed by atoms with E-state index in [1.807, 2.05) is 12.1 Å². The number of benzene rings is 2. The lowest BCUT2D eigenvalue weighted by Crippen LogP contribution is -1.75. The molecule has 0 heterocycles. The first-order valence-electron chi connectivity index (χ1n) is 3.93. The molecule has 2 aromatic rings. The third-order valence-corrected chi connectivity index (χ3v) is 2.22. The Hall–Kier alpha value is -1.08. The van der Waals surface area contributed by atoms with Crippen LogP contribution in [0.2, 0.25) is 0 Å². The quantitative estimate of drug-likeness (QED) is 0.569. The zero-order valence-electron chi connectivity index (χ0n) is 6.87. The number of aryl methyl sites for hydroxylation is 1. The van der Waals surface area contributed by atoms with Crippen LogP contribution in [-0.2, 0) is 0 Å². The van der Waals surface area contributed by atoms with Crippen LogP contribution in [0.3, 0.4) is 0 Å². The van der Waals surface area contributed by atoms with E-state index in [2.05, 4.69) is 31.2 Å². The van der Waals surface area contributed by atoms with Gasteiger partial charge in [-0.3, -0.25) is 0 Å². The molecular weight excluding hydrogens is 164 g/mol. The second-order valence-electron chi connectivity index (χ2n) is 3.01. The van der Waals surface area contributed by atoms with Crippen LogP contribution in [0.5, 0.6) is 0 Å². The van der Waals surface area contributed by atoms with Crippen LogP contribution < -0.4 is 0 Å². The van der Waals surface area contributed by atoms with Gasteiger partial charge >= 0.3 is 0 Å². The van der Waals surface area contributed by atoms with Gasteiger partial charge in [0.2, 0.25) is 0 Å². The fourth-order valence-electron chi connectivity index (χ4n) is 1.34. The molecule has 0 aliphatic carbocycles. The Morgan fingerprint density at radius 2 is 1.58 bits per heavy atom. The molecule has 0 aliphatic heterocycles. The summed E-state index contributed by atoms with van der Waals surface area (Å²) in [5.74, 6) is 0. The van der Waals surface area contributed by atoms with Gasteiger partial charge in [-0.15, -0.1) is 0 Å². The summed E-state index contributed by atoms with van der Waals surface area (Å²) in [6.07, 6.45) is 0. The lowest BCUT2D eigenvalue weighted by atomic mass is 10.1. The summed E-state index contributed by atoms with van der Waals surface area (Å²) in [5, 5.41) is 2.50. The van der Waals surface area contributed by atoms with E-state index in [1.54, 1.807) is 0 Å². The summed E-state index contributed by atoms with van der Waals surface area (Å²) in [4.78, 5) is 0.909. The van der Waals surface area contributed by atoms with E-state index in [4.69, 9.17) is 12.6 Å². The average Bonchev–Trinajstić information content (AvgIpc) is 2.05. The molecule has 0 aliphatic rings. The zero-order chi connectivity index (χ0) is 8.55. The molecule has 0 bridgehead atoms. The van der Waals surface area contributed by atoms with Crippen molar-refractivity contribution >= 4 is 23.4 Å². The maximum absolute atomic E-state index is 5.07. The second kappa shape index (κ2) is 2.76.